The second-order valence-electron chi connectivity index (χ2n) is 5.10. The lowest BCUT2D eigenvalue weighted by molar-refractivity contribution is -0.0822. The SMILES string of the molecule is NCC(OCCCC1CNCCO1)C1CNCCO1. The van der Waals surface area contributed by atoms with Gasteiger partial charge in [-0.2, -0.15) is 0 Å². The van der Waals surface area contributed by atoms with Crippen LogP contribution in [0.2, 0.25) is 0 Å². The number of ether oxygens (including phenoxy) is 3. The minimum absolute atomic E-state index is 0.00167. The lowest BCUT2D eigenvalue weighted by atomic mass is 10.1. The molecule has 0 amide bonds. The van der Waals surface area contributed by atoms with E-state index in [9.17, 15) is 0 Å². The highest BCUT2D eigenvalue weighted by Gasteiger charge is 2.24. The van der Waals surface area contributed by atoms with Crippen molar-refractivity contribution in [1.29, 1.82) is 0 Å². The van der Waals surface area contributed by atoms with Crippen molar-refractivity contribution in [1.82, 2.24) is 10.6 Å². The van der Waals surface area contributed by atoms with E-state index in [0.29, 0.717) is 12.6 Å². The fraction of sp³-hybridized carbons (Fsp3) is 1.00. The van der Waals surface area contributed by atoms with Crippen molar-refractivity contribution in [3.8, 4) is 0 Å². The van der Waals surface area contributed by atoms with Gasteiger partial charge < -0.3 is 30.6 Å². The van der Waals surface area contributed by atoms with Crippen molar-refractivity contribution >= 4 is 0 Å². The molecule has 19 heavy (non-hydrogen) atoms. The van der Waals surface area contributed by atoms with Crippen molar-refractivity contribution in [2.45, 2.75) is 31.2 Å². The van der Waals surface area contributed by atoms with Crippen LogP contribution in [0.15, 0.2) is 0 Å². The number of hydrogen-bond acceptors (Lipinski definition) is 6. The van der Waals surface area contributed by atoms with E-state index in [4.69, 9.17) is 19.9 Å². The van der Waals surface area contributed by atoms with Gasteiger partial charge in [-0.05, 0) is 12.8 Å². The molecule has 0 aromatic heterocycles. The molecule has 0 bridgehead atoms. The largest absolute Gasteiger partial charge is 0.376 e. The first-order chi connectivity index (χ1) is 9.40. The highest BCUT2D eigenvalue weighted by Crippen LogP contribution is 2.09. The molecule has 4 N–H and O–H groups in total. The van der Waals surface area contributed by atoms with Crippen LogP contribution >= 0.6 is 0 Å². The van der Waals surface area contributed by atoms with Crippen LogP contribution in [0, 0.1) is 0 Å². The molecular weight excluding hydrogens is 246 g/mol. The monoisotopic (exact) mass is 273 g/mol. The van der Waals surface area contributed by atoms with E-state index in [0.717, 1.165) is 58.8 Å². The summed E-state index contributed by atoms with van der Waals surface area (Å²) in [6.07, 6.45) is 2.46. The van der Waals surface area contributed by atoms with Gasteiger partial charge in [-0.15, -0.1) is 0 Å². The topological polar surface area (TPSA) is 77.8 Å². The third-order valence-electron chi connectivity index (χ3n) is 3.61. The van der Waals surface area contributed by atoms with Gasteiger partial charge in [0.15, 0.2) is 0 Å². The number of hydrogen-bond donors (Lipinski definition) is 3. The van der Waals surface area contributed by atoms with Crippen LogP contribution in [-0.2, 0) is 14.2 Å². The van der Waals surface area contributed by atoms with E-state index in [1.165, 1.54) is 0 Å². The Bertz CT molecular complexity index is 231. The maximum atomic E-state index is 5.86. The van der Waals surface area contributed by atoms with Gasteiger partial charge in [0.25, 0.3) is 0 Å². The van der Waals surface area contributed by atoms with Gasteiger partial charge in [-0.1, -0.05) is 0 Å². The summed E-state index contributed by atoms with van der Waals surface area (Å²) in [7, 11) is 0. The maximum Gasteiger partial charge on any atom is 0.0973 e. The Kier molecular flexibility index (Phi) is 7.05. The van der Waals surface area contributed by atoms with Gasteiger partial charge in [0, 0.05) is 39.3 Å². The standard InChI is InChI=1S/C13H27N3O3/c14-8-12(13-10-16-4-7-19-13)18-5-1-2-11-9-15-3-6-17-11/h11-13,15-16H,1-10,14H2. The summed E-state index contributed by atoms with van der Waals surface area (Å²) in [4.78, 5) is 0. The molecule has 3 unspecified atom stereocenters. The lowest BCUT2D eigenvalue weighted by Gasteiger charge is -2.30. The molecule has 2 aliphatic rings. The maximum absolute atomic E-state index is 5.86. The molecule has 0 aromatic rings. The van der Waals surface area contributed by atoms with Crippen LogP contribution < -0.4 is 16.4 Å². The molecule has 2 heterocycles. The molecule has 0 radical (unpaired) electrons. The molecule has 3 atom stereocenters. The summed E-state index contributed by atoms with van der Waals surface area (Å²) >= 11 is 0. The zero-order valence-electron chi connectivity index (χ0n) is 11.6. The van der Waals surface area contributed by atoms with E-state index >= 15 is 0 Å². The summed E-state index contributed by atoms with van der Waals surface area (Å²) in [6.45, 7) is 6.46. The lowest BCUT2D eigenvalue weighted by Crippen LogP contribution is -2.49. The zero-order valence-corrected chi connectivity index (χ0v) is 11.6. The molecule has 0 aliphatic carbocycles. The Morgan fingerprint density at radius 2 is 1.95 bits per heavy atom. The van der Waals surface area contributed by atoms with E-state index in [1.54, 1.807) is 0 Å². The molecule has 6 nitrogen and oxygen atoms in total. The molecule has 2 aliphatic heterocycles. The molecule has 0 saturated carbocycles. The first-order valence-corrected chi connectivity index (χ1v) is 7.36. The van der Waals surface area contributed by atoms with Crippen molar-refractivity contribution in [2.24, 2.45) is 5.73 Å². The van der Waals surface area contributed by atoms with Crippen LogP contribution in [0.4, 0.5) is 0 Å². The Balaban J connectivity index is 1.57. The summed E-state index contributed by atoms with van der Waals surface area (Å²) < 4.78 is 17.2. The Morgan fingerprint density at radius 1 is 1.16 bits per heavy atom. The number of nitrogens with one attached hydrogen (secondary N) is 2. The molecular formula is C13H27N3O3. The van der Waals surface area contributed by atoms with Gasteiger partial charge in [0.05, 0.1) is 31.5 Å². The van der Waals surface area contributed by atoms with E-state index < -0.39 is 0 Å². The quantitative estimate of drug-likeness (QED) is 0.521. The highest BCUT2D eigenvalue weighted by atomic mass is 16.5. The highest BCUT2D eigenvalue weighted by molar-refractivity contribution is 4.77. The van der Waals surface area contributed by atoms with Crippen LogP contribution in [-0.4, -0.2) is 70.9 Å². The number of morpholine rings is 2. The summed E-state index contributed by atoms with van der Waals surface area (Å²) in [6, 6.07) is 0. The molecule has 2 saturated heterocycles. The predicted octanol–water partition coefficient (Wildman–Crippen LogP) is -0.913. The van der Waals surface area contributed by atoms with Crippen molar-refractivity contribution in [3.05, 3.63) is 0 Å². The number of rotatable bonds is 7. The molecule has 2 fully saturated rings. The fourth-order valence-electron chi connectivity index (χ4n) is 2.50. The normalized spacial score (nSPS) is 30.2. The van der Waals surface area contributed by atoms with E-state index in [1.807, 2.05) is 0 Å². The molecule has 2 rings (SSSR count). The van der Waals surface area contributed by atoms with E-state index in [2.05, 4.69) is 10.6 Å². The fourth-order valence-corrected chi connectivity index (χ4v) is 2.50. The summed E-state index contributed by atoms with van der Waals surface area (Å²) in [5.74, 6) is 0. The first-order valence-electron chi connectivity index (χ1n) is 7.36. The van der Waals surface area contributed by atoms with Gasteiger partial charge in [0.2, 0.25) is 0 Å². The average Bonchev–Trinajstić information content (AvgIpc) is 2.49. The molecule has 0 spiro atoms. The Labute approximate surface area is 115 Å². The second kappa shape index (κ2) is 8.84. The third kappa shape index (κ3) is 5.33. The van der Waals surface area contributed by atoms with Crippen molar-refractivity contribution in [3.63, 3.8) is 0 Å². The second-order valence-corrected chi connectivity index (χ2v) is 5.10. The summed E-state index contributed by atoms with van der Waals surface area (Å²) in [5, 5.41) is 6.64. The zero-order chi connectivity index (χ0) is 13.3. The van der Waals surface area contributed by atoms with Crippen LogP contribution in [0.5, 0.6) is 0 Å². The van der Waals surface area contributed by atoms with Crippen LogP contribution in [0.3, 0.4) is 0 Å². The van der Waals surface area contributed by atoms with Crippen molar-refractivity contribution < 1.29 is 14.2 Å². The van der Waals surface area contributed by atoms with Gasteiger partial charge >= 0.3 is 0 Å². The predicted molar refractivity (Wildman–Crippen MR) is 73.2 cm³/mol. The molecule has 6 heteroatoms. The van der Waals surface area contributed by atoms with Crippen LogP contribution in [0.25, 0.3) is 0 Å². The third-order valence-corrected chi connectivity index (χ3v) is 3.61. The molecule has 112 valence electrons. The smallest absolute Gasteiger partial charge is 0.0973 e. The van der Waals surface area contributed by atoms with Gasteiger partial charge in [-0.25, -0.2) is 0 Å². The first kappa shape index (κ1) is 15.2. The Hall–Kier alpha value is -0.240. The van der Waals surface area contributed by atoms with Gasteiger partial charge in [-0.3, -0.25) is 0 Å². The van der Waals surface area contributed by atoms with Crippen molar-refractivity contribution in [2.75, 3.05) is 52.5 Å². The minimum atomic E-state index is -0.00167. The Morgan fingerprint density at radius 3 is 2.58 bits per heavy atom. The molecule has 0 aromatic carbocycles. The van der Waals surface area contributed by atoms with E-state index in [-0.39, 0.29) is 12.2 Å². The average molecular weight is 273 g/mol. The van der Waals surface area contributed by atoms with Crippen LogP contribution in [0.1, 0.15) is 12.8 Å². The summed E-state index contributed by atoms with van der Waals surface area (Å²) in [5.41, 5.74) is 5.76. The van der Waals surface area contributed by atoms with Gasteiger partial charge in [0.1, 0.15) is 0 Å². The minimum Gasteiger partial charge on any atom is -0.376 e. The number of nitrogens with two attached hydrogens (primary N) is 1.